The number of hydrogen-bond donors (Lipinski definition) is 1. The summed E-state index contributed by atoms with van der Waals surface area (Å²) in [6.45, 7) is 7.59. The Kier molecular flexibility index (Phi) is 5.29. The smallest absolute Gasteiger partial charge is 0.0452 e. The van der Waals surface area contributed by atoms with E-state index in [1.807, 2.05) is 18.2 Å². The minimum Gasteiger partial charge on any atom is -0.399 e. The molecule has 1 rings (SSSR count). The molecule has 1 aromatic carbocycles. The monoisotopic (exact) mass is 254 g/mol. The molecular formula is C14H23ClN2. The Labute approximate surface area is 110 Å². The summed E-state index contributed by atoms with van der Waals surface area (Å²) in [5, 5.41) is 0.794. The number of rotatable bonds is 5. The van der Waals surface area contributed by atoms with E-state index < -0.39 is 0 Å². The van der Waals surface area contributed by atoms with Crippen LogP contribution in [0.15, 0.2) is 18.2 Å². The molecule has 0 amide bonds. The molecule has 0 saturated carbocycles. The minimum atomic E-state index is 0.549. The molecule has 1 aromatic rings. The Morgan fingerprint density at radius 2 is 1.94 bits per heavy atom. The Morgan fingerprint density at radius 1 is 1.29 bits per heavy atom. The van der Waals surface area contributed by atoms with Crippen molar-refractivity contribution in [2.75, 3.05) is 12.8 Å². The van der Waals surface area contributed by atoms with Crippen LogP contribution in [-0.4, -0.2) is 18.0 Å². The molecule has 0 saturated heterocycles. The Balaban J connectivity index is 2.67. The van der Waals surface area contributed by atoms with Gasteiger partial charge in [-0.05, 0) is 50.1 Å². The Morgan fingerprint density at radius 3 is 2.53 bits per heavy atom. The highest BCUT2D eigenvalue weighted by Gasteiger charge is 2.12. The molecular weight excluding hydrogens is 232 g/mol. The van der Waals surface area contributed by atoms with Gasteiger partial charge in [-0.15, -0.1) is 0 Å². The first-order valence-electron chi connectivity index (χ1n) is 6.14. The summed E-state index contributed by atoms with van der Waals surface area (Å²) in [6.07, 6.45) is 1.19. The maximum atomic E-state index is 6.17. The number of nitrogens with zero attached hydrogens (tertiary/aromatic N) is 1. The molecule has 0 spiro atoms. The second kappa shape index (κ2) is 6.27. The van der Waals surface area contributed by atoms with E-state index in [0.29, 0.717) is 12.0 Å². The van der Waals surface area contributed by atoms with Crippen molar-refractivity contribution in [1.82, 2.24) is 4.90 Å². The van der Waals surface area contributed by atoms with E-state index in [1.54, 1.807) is 0 Å². The fourth-order valence-corrected chi connectivity index (χ4v) is 2.18. The predicted octanol–water partition coefficient (Wildman–Crippen LogP) is 3.79. The van der Waals surface area contributed by atoms with E-state index in [1.165, 1.54) is 6.42 Å². The Bertz CT molecular complexity index is 363. The number of hydrogen-bond acceptors (Lipinski definition) is 2. The van der Waals surface area contributed by atoms with Crippen LogP contribution < -0.4 is 5.73 Å². The van der Waals surface area contributed by atoms with E-state index in [-0.39, 0.29) is 0 Å². The van der Waals surface area contributed by atoms with Crippen molar-refractivity contribution in [2.45, 2.75) is 39.8 Å². The molecule has 0 fully saturated rings. The van der Waals surface area contributed by atoms with Gasteiger partial charge in [0.2, 0.25) is 0 Å². The van der Waals surface area contributed by atoms with Crippen molar-refractivity contribution in [3.05, 3.63) is 28.8 Å². The summed E-state index contributed by atoms with van der Waals surface area (Å²) in [4.78, 5) is 2.32. The molecule has 0 aliphatic carbocycles. The first-order valence-corrected chi connectivity index (χ1v) is 6.52. The van der Waals surface area contributed by atoms with E-state index in [2.05, 4.69) is 32.7 Å². The molecule has 0 aliphatic rings. The summed E-state index contributed by atoms with van der Waals surface area (Å²) in [6, 6.07) is 6.21. The van der Waals surface area contributed by atoms with Gasteiger partial charge < -0.3 is 5.73 Å². The molecule has 0 aliphatic heterocycles. The number of halogens is 1. The maximum absolute atomic E-state index is 6.17. The van der Waals surface area contributed by atoms with Gasteiger partial charge in [0.1, 0.15) is 0 Å². The third-order valence-electron chi connectivity index (χ3n) is 3.05. The molecule has 0 bridgehead atoms. The van der Waals surface area contributed by atoms with Gasteiger partial charge in [-0.1, -0.05) is 25.4 Å². The van der Waals surface area contributed by atoms with Gasteiger partial charge in [0.05, 0.1) is 0 Å². The number of anilines is 1. The zero-order chi connectivity index (χ0) is 13.0. The van der Waals surface area contributed by atoms with Crippen molar-refractivity contribution < 1.29 is 0 Å². The van der Waals surface area contributed by atoms with Gasteiger partial charge in [0, 0.05) is 23.3 Å². The zero-order valence-electron chi connectivity index (χ0n) is 11.2. The summed E-state index contributed by atoms with van der Waals surface area (Å²) in [5.41, 5.74) is 7.66. The average Bonchev–Trinajstić information content (AvgIpc) is 2.22. The summed E-state index contributed by atoms with van der Waals surface area (Å²) in [7, 11) is 2.13. The second-order valence-corrected chi connectivity index (χ2v) is 5.65. The largest absolute Gasteiger partial charge is 0.399 e. The van der Waals surface area contributed by atoms with E-state index >= 15 is 0 Å². The summed E-state index contributed by atoms with van der Waals surface area (Å²) >= 11 is 6.17. The molecule has 0 radical (unpaired) electrons. The van der Waals surface area contributed by atoms with E-state index in [4.69, 9.17) is 17.3 Å². The Hall–Kier alpha value is -0.730. The van der Waals surface area contributed by atoms with Gasteiger partial charge in [0.25, 0.3) is 0 Å². The van der Waals surface area contributed by atoms with Crippen molar-refractivity contribution in [2.24, 2.45) is 5.92 Å². The van der Waals surface area contributed by atoms with E-state index in [9.17, 15) is 0 Å². The lowest BCUT2D eigenvalue weighted by Crippen LogP contribution is -2.29. The van der Waals surface area contributed by atoms with Crippen LogP contribution in [0, 0.1) is 5.92 Å². The third-order valence-corrected chi connectivity index (χ3v) is 3.42. The molecule has 0 aromatic heterocycles. The molecule has 0 heterocycles. The van der Waals surface area contributed by atoms with Crippen molar-refractivity contribution in [3.8, 4) is 0 Å². The summed E-state index contributed by atoms with van der Waals surface area (Å²) < 4.78 is 0. The number of nitrogen functional groups attached to an aromatic ring is 1. The van der Waals surface area contributed by atoms with Crippen LogP contribution in [0.1, 0.15) is 32.8 Å². The van der Waals surface area contributed by atoms with Crippen LogP contribution in [-0.2, 0) is 6.54 Å². The quantitative estimate of drug-likeness (QED) is 0.810. The molecule has 3 heteroatoms. The normalized spacial score (nSPS) is 13.4. The van der Waals surface area contributed by atoms with Crippen molar-refractivity contribution >= 4 is 17.3 Å². The lowest BCUT2D eigenvalue weighted by Gasteiger charge is -2.26. The molecule has 1 atom stereocenters. The van der Waals surface area contributed by atoms with Gasteiger partial charge in [-0.2, -0.15) is 0 Å². The maximum Gasteiger partial charge on any atom is 0.0452 e. The van der Waals surface area contributed by atoms with Crippen LogP contribution in [0.25, 0.3) is 0 Å². The molecule has 2 N–H and O–H groups in total. The fraction of sp³-hybridized carbons (Fsp3) is 0.571. The van der Waals surface area contributed by atoms with Crippen LogP contribution in [0.3, 0.4) is 0 Å². The lowest BCUT2D eigenvalue weighted by atomic mass is 10.0. The highest BCUT2D eigenvalue weighted by molar-refractivity contribution is 6.31. The predicted molar refractivity (Wildman–Crippen MR) is 76.2 cm³/mol. The highest BCUT2D eigenvalue weighted by Crippen LogP contribution is 2.21. The van der Waals surface area contributed by atoms with Crippen LogP contribution in [0.2, 0.25) is 5.02 Å². The van der Waals surface area contributed by atoms with Gasteiger partial charge in [-0.25, -0.2) is 0 Å². The van der Waals surface area contributed by atoms with Crippen LogP contribution in [0.5, 0.6) is 0 Å². The fourth-order valence-electron chi connectivity index (χ4n) is 2.00. The molecule has 96 valence electrons. The minimum absolute atomic E-state index is 0.549. The molecule has 17 heavy (non-hydrogen) atoms. The number of nitrogens with two attached hydrogens (primary N) is 1. The van der Waals surface area contributed by atoms with Gasteiger partial charge in [0.15, 0.2) is 0 Å². The van der Waals surface area contributed by atoms with Crippen LogP contribution in [0.4, 0.5) is 5.69 Å². The van der Waals surface area contributed by atoms with E-state index in [0.717, 1.165) is 22.8 Å². The second-order valence-electron chi connectivity index (χ2n) is 5.24. The van der Waals surface area contributed by atoms with Gasteiger partial charge in [-0.3, -0.25) is 4.90 Å². The lowest BCUT2D eigenvalue weighted by molar-refractivity contribution is 0.220. The highest BCUT2D eigenvalue weighted by atomic mass is 35.5. The molecule has 2 nitrogen and oxygen atoms in total. The topological polar surface area (TPSA) is 29.3 Å². The SMILES string of the molecule is CC(C)CC(C)N(C)Cc1cc(N)ccc1Cl. The summed E-state index contributed by atoms with van der Waals surface area (Å²) in [5.74, 6) is 0.712. The standard InChI is InChI=1S/C14H23ClN2/c1-10(2)7-11(3)17(4)9-12-8-13(16)5-6-14(12)15/h5-6,8,10-11H,7,9,16H2,1-4H3. The number of benzene rings is 1. The first kappa shape index (κ1) is 14.3. The van der Waals surface area contributed by atoms with Crippen molar-refractivity contribution in [3.63, 3.8) is 0 Å². The zero-order valence-corrected chi connectivity index (χ0v) is 12.0. The van der Waals surface area contributed by atoms with Gasteiger partial charge >= 0.3 is 0 Å². The average molecular weight is 255 g/mol. The molecule has 1 unspecified atom stereocenters. The van der Waals surface area contributed by atoms with Crippen molar-refractivity contribution in [1.29, 1.82) is 0 Å². The van der Waals surface area contributed by atoms with Crippen LogP contribution >= 0.6 is 11.6 Å². The first-order chi connectivity index (χ1) is 7.90. The third kappa shape index (κ3) is 4.57.